The van der Waals surface area contributed by atoms with Gasteiger partial charge in [-0.2, -0.15) is 0 Å². The van der Waals surface area contributed by atoms with Crippen LogP contribution in [0, 0.1) is 0 Å². The first-order valence-corrected chi connectivity index (χ1v) is 19.2. The van der Waals surface area contributed by atoms with E-state index in [0.717, 1.165) is 44.1 Å². The summed E-state index contributed by atoms with van der Waals surface area (Å²) in [6.07, 6.45) is 27.3. The van der Waals surface area contributed by atoms with Crippen LogP contribution < -0.4 is 0 Å². The first kappa shape index (κ1) is 42.5. The van der Waals surface area contributed by atoms with Crippen LogP contribution in [0.2, 0.25) is 0 Å². The van der Waals surface area contributed by atoms with E-state index in [1.807, 2.05) is 6.08 Å². The van der Waals surface area contributed by atoms with Crippen LogP contribution in [0.15, 0.2) is 11.6 Å². The number of hydrogen-bond donors (Lipinski definition) is 5. The highest BCUT2D eigenvalue weighted by Gasteiger charge is 2.44. The molecule has 1 rings (SSSR count). The largest absolute Gasteiger partial charge is 0.394 e. The molecule has 1 saturated heterocycles. The molecule has 1 aliphatic heterocycles. The van der Waals surface area contributed by atoms with Crippen molar-refractivity contribution in [3.63, 3.8) is 0 Å². The van der Waals surface area contributed by atoms with E-state index < -0.39 is 43.4 Å². The highest BCUT2D eigenvalue weighted by atomic mass is 16.7. The van der Waals surface area contributed by atoms with E-state index in [9.17, 15) is 25.5 Å². The first-order valence-electron chi connectivity index (χ1n) is 19.2. The highest BCUT2D eigenvalue weighted by molar-refractivity contribution is 5.06. The van der Waals surface area contributed by atoms with Crippen molar-refractivity contribution in [1.29, 1.82) is 0 Å². The molecule has 0 aromatic rings. The van der Waals surface area contributed by atoms with Gasteiger partial charge in [0.15, 0.2) is 6.29 Å². The van der Waals surface area contributed by atoms with Crippen LogP contribution in [-0.4, -0.2) is 75.6 Å². The normalized spacial score (nSPS) is 23.1. The van der Waals surface area contributed by atoms with E-state index in [-0.39, 0.29) is 6.61 Å². The molecule has 2 unspecified atom stereocenters. The van der Waals surface area contributed by atoms with Gasteiger partial charge in [-0.05, 0) is 24.8 Å². The molecule has 0 saturated carbocycles. The number of unbranched alkanes of at least 4 members (excludes halogenated alkanes) is 22. The molecule has 0 aromatic heterocycles. The van der Waals surface area contributed by atoms with Crippen molar-refractivity contribution in [1.82, 2.24) is 0 Å². The maximum Gasteiger partial charge on any atom is 0.187 e. The van der Waals surface area contributed by atoms with Gasteiger partial charge < -0.3 is 35.0 Å². The average Bonchev–Trinajstić information content (AvgIpc) is 3.04. The van der Waals surface area contributed by atoms with E-state index in [2.05, 4.69) is 13.8 Å². The summed E-state index contributed by atoms with van der Waals surface area (Å²) in [5, 5.41) is 50.8. The second kappa shape index (κ2) is 29.6. The molecule has 7 nitrogen and oxygen atoms in total. The lowest BCUT2D eigenvalue weighted by atomic mass is 9.99. The summed E-state index contributed by atoms with van der Waals surface area (Å²) >= 11 is 0. The fraction of sp³-hybridized carbons (Fsp3) is 0.947. The van der Waals surface area contributed by atoms with Crippen molar-refractivity contribution in [3.8, 4) is 0 Å². The lowest BCUT2D eigenvalue weighted by Gasteiger charge is -2.39. The lowest BCUT2D eigenvalue weighted by Crippen LogP contribution is -2.59. The molecule has 1 heterocycles. The van der Waals surface area contributed by atoms with Crippen molar-refractivity contribution >= 4 is 0 Å². The third-order valence-electron chi connectivity index (χ3n) is 9.41. The molecule has 6 atom stereocenters. The van der Waals surface area contributed by atoms with Crippen LogP contribution in [0.1, 0.15) is 181 Å². The summed E-state index contributed by atoms with van der Waals surface area (Å²) in [7, 11) is 0. The van der Waals surface area contributed by atoms with Gasteiger partial charge in [0.25, 0.3) is 0 Å². The minimum absolute atomic E-state index is 0.163. The minimum Gasteiger partial charge on any atom is -0.394 e. The van der Waals surface area contributed by atoms with Crippen molar-refractivity contribution in [3.05, 3.63) is 11.6 Å². The lowest BCUT2D eigenvalue weighted by molar-refractivity contribution is -0.299. The van der Waals surface area contributed by atoms with Crippen molar-refractivity contribution in [2.45, 2.75) is 218 Å². The number of ether oxygens (including phenoxy) is 2. The van der Waals surface area contributed by atoms with Crippen LogP contribution in [0.5, 0.6) is 0 Å². The smallest absolute Gasteiger partial charge is 0.187 e. The van der Waals surface area contributed by atoms with Gasteiger partial charge in [-0.15, -0.1) is 0 Å². The molecular formula is C38H74O7. The van der Waals surface area contributed by atoms with Crippen LogP contribution in [0.4, 0.5) is 0 Å². The predicted molar refractivity (Wildman–Crippen MR) is 185 cm³/mol. The number of rotatable bonds is 31. The van der Waals surface area contributed by atoms with Crippen LogP contribution in [0.25, 0.3) is 0 Å². The predicted octanol–water partition coefficient (Wildman–Crippen LogP) is 8.27. The van der Waals surface area contributed by atoms with Gasteiger partial charge in [0.1, 0.15) is 24.4 Å². The van der Waals surface area contributed by atoms with E-state index >= 15 is 0 Å². The van der Waals surface area contributed by atoms with Gasteiger partial charge >= 0.3 is 0 Å². The quantitative estimate of drug-likeness (QED) is 0.0381. The maximum atomic E-state index is 10.8. The molecule has 0 spiro atoms. The average molecular weight is 643 g/mol. The molecule has 0 amide bonds. The standard InChI is InChI=1S/C38H74O7/c1-3-5-7-9-11-13-15-17-19-21-23-25-27-32(31-44-38-37(43)36(42)35(41)34(30-39)45-38)29-33(40)28-26-24-22-20-18-16-14-12-10-8-6-4-2/h29,33-43H,3-28,30-31H2,1-2H3/b32-29-/t33-,34?,35-,36-,37-,38?/m1/s1. The number of aliphatic hydroxyl groups excluding tert-OH is 5. The van der Waals surface area contributed by atoms with E-state index in [4.69, 9.17) is 9.47 Å². The van der Waals surface area contributed by atoms with Crippen LogP contribution >= 0.6 is 0 Å². The Morgan fingerprint density at radius 2 is 1.02 bits per heavy atom. The summed E-state index contributed by atoms with van der Waals surface area (Å²) in [6.45, 7) is 4.20. The zero-order valence-electron chi connectivity index (χ0n) is 29.4. The summed E-state index contributed by atoms with van der Waals surface area (Å²) in [6, 6.07) is 0. The Kier molecular flexibility index (Phi) is 27.9. The molecule has 7 heteroatoms. The van der Waals surface area contributed by atoms with E-state index in [0.29, 0.717) is 0 Å². The second-order valence-electron chi connectivity index (χ2n) is 13.7. The number of aliphatic hydroxyl groups is 5. The molecule has 0 aromatic carbocycles. The topological polar surface area (TPSA) is 120 Å². The fourth-order valence-corrected chi connectivity index (χ4v) is 6.34. The Balaban J connectivity index is 2.39. The van der Waals surface area contributed by atoms with Crippen molar-refractivity contribution in [2.24, 2.45) is 0 Å². The molecular weight excluding hydrogens is 568 g/mol. The molecule has 1 fully saturated rings. The first-order chi connectivity index (χ1) is 21.9. The Bertz CT molecular complexity index is 670. The van der Waals surface area contributed by atoms with Gasteiger partial charge in [-0.3, -0.25) is 0 Å². The van der Waals surface area contributed by atoms with Crippen LogP contribution in [0.3, 0.4) is 0 Å². The molecule has 5 N–H and O–H groups in total. The third kappa shape index (κ3) is 21.9. The molecule has 1 aliphatic rings. The van der Waals surface area contributed by atoms with E-state index in [1.54, 1.807) is 0 Å². The summed E-state index contributed by atoms with van der Waals surface area (Å²) in [5.41, 5.74) is 0.963. The van der Waals surface area contributed by atoms with Gasteiger partial charge in [-0.1, -0.05) is 168 Å². The SMILES string of the molecule is CCCCCCCCCCCCCC/C(=C/[C@H](O)CCCCCCCCCCCCCC)COC1OC(CO)[C@@H](O)[C@@H](O)[C@H]1O. The van der Waals surface area contributed by atoms with Gasteiger partial charge in [0, 0.05) is 0 Å². The van der Waals surface area contributed by atoms with Crippen LogP contribution in [-0.2, 0) is 9.47 Å². The zero-order chi connectivity index (χ0) is 33.0. The maximum absolute atomic E-state index is 10.8. The Morgan fingerprint density at radius 1 is 0.600 bits per heavy atom. The molecule has 45 heavy (non-hydrogen) atoms. The Labute approximate surface area is 277 Å². The summed E-state index contributed by atoms with van der Waals surface area (Å²) < 4.78 is 11.4. The fourth-order valence-electron chi connectivity index (χ4n) is 6.34. The Morgan fingerprint density at radius 3 is 1.47 bits per heavy atom. The molecule has 0 bridgehead atoms. The minimum atomic E-state index is -1.46. The third-order valence-corrected chi connectivity index (χ3v) is 9.41. The van der Waals surface area contributed by atoms with Gasteiger partial charge in [0.05, 0.1) is 19.3 Å². The summed E-state index contributed by atoms with van der Waals surface area (Å²) in [5.74, 6) is 0. The zero-order valence-corrected chi connectivity index (χ0v) is 29.4. The molecule has 0 radical (unpaired) electrons. The molecule has 0 aliphatic carbocycles. The highest BCUT2D eigenvalue weighted by Crippen LogP contribution is 2.24. The number of hydrogen-bond acceptors (Lipinski definition) is 7. The van der Waals surface area contributed by atoms with Gasteiger partial charge in [-0.25, -0.2) is 0 Å². The monoisotopic (exact) mass is 643 g/mol. The van der Waals surface area contributed by atoms with E-state index in [1.165, 1.54) is 128 Å². The Hall–Kier alpha value is -0.540. The molecule has 268 valence electrons. The van der Waals surface area contributed by atoms with Crippen molar-refractivity contribution < 1.29 is 35.0 Å². The van der Waals surface area contributed by atoms with Crippen molar-refractivity contribution in [2.75, 3.05) is 13.2 Å². The van der Waals surface area contributed by atoms with Gasteiger partial charge in [0.2, 0.25) is 0 Å². The second-order valence-corrected chi connectivity index (χ2v) is 13.7. The summed E-state index contributed by atoms with van der Waals surface area (Å²) in [4.78, 5) is 0.